The van der Waals surface area contributed by atoms with E-state index in [1.807, 2.05) is 30.3 Å². The van der Waals surface area contributed by atoms with Crippen LogP contribution < -0.4 is 0 Å². The minimum atomic E-state index is -3.48. The lowest BCUT2D eigenvalue weighted by atomic mass is 10.1. The van der Waals surface area contributed by atoms with Gasteiger partial charge in [-0.3, -0.25) is 4.57 Å². The number of benzene rings is 1. The molecule has 1 atom stereocenters. The molecule has 0 unspecified atom stereocenters. The normalized spacial score (nSPS) is 14.7. The monoisotopic (exact) mass is 256 g/mol. The van der Waals surface area contributed by atoms with Crippen LogP contribution in [0.1, 0.15) is 12.5 Å². The molecule has 0 aliphatic heterocycles. The molecule has 1 rings (SSSR count). The van der Waals surface area contributed by atoms with Crippen molar-refractivity contribution in [3.05, 3.63) is 41.5 Å². The van der Waals surface area contributed by atoms with Gasteiger partial charge in [-0.2, -0.15) is 0 Å². The third-order valence-corrected chi connectivity index (χ3v) is 4.43. The summed E-state index contributed by atoms with van der Waals surface area (Å²) < 4.78 is 21.4. The Hall–Kier alpha value is -0.930. The highest BCUT2D eigenvalue weighted by molar-refractivity contribution is 7.54. The van der Waals surface area contributed by atoms with Gasteiger partial charge in [-0.25, -0.2) is 0 Å². The average Bonchev–Trinajstić information content (AvgIpc) is 2.38. The van der Waals surface area contributed by atoms with E-state index in [1.165, 1.54) is 14.2 Å². The molecule has 94 valence electrons. The molecule has 0 spiro atoms. The van der Waals surface area contributed by atoms with Crippen molar-refractivity contribution in [3.63, 3.8) is 0 Å². The summed E-state index contributed by atoms with van der Waals surface area (Å²) in [6.45, 7) is 1.68. The van der Waals surface area contributed by atoms with Crippen LogP contribution in [0.4, 0.5) is 0 Å². The van der Waals surface area contributed by atoms with E-state index in [9.17, 15) is 9.67 Å². The first-order chi connectivity index (χ1) is 8.03. The van der Waals surface area contributed by atoms with Gasteiger partial charge in [0.2, 0.25) is 0 Å². The number of aliphatic hydroxyl groups excluding tert-OH is 1. The molecule has 0 bridgehead atoms. The van der Waals surface area contributed by atoms with Crippen molar-refractivity contribution in [3.8, 4) is 0 Å². The van der Waals surface area contributed by atoms with E-state index < -0.39 is 13.4 Å². The Labute approximate surface area is 101 Å². The summed E-state index contributed by atoms with van der Waals surface area (Å²) in [7, 11) is -0.971. The number of hydrogen-bond acceptors (Lipinski definition) is 4. The standard InChI is InChI=1S/C12H17O4P/c1-10(9-11-7-5-4-6-8-11)12(13)17(14,15-2)16-3/h4-9,12-13H,1-3H3/b10-9+/t12-/m0/s1. The second-order valence-corrected chi connectivity index (χ2v) is 5.88. The molecule has 0 radical (unpaired) electrons. The third kappa shape index (κ3) is 3.51. The molecule has 0 aromatic heterocycles. The maximum Gasteiger partial charge on any atom is 0.362 e. The predicted molar refractivity (Wildman–Crippen MR) is 67.7 cm³/mol. The van der Waals surface area contributed by atoms with Crippen LogP contribution in [0.5, 0.6) is 0 Å². The molecule has 0 amide bonds. The van der Waals surface area contributed by atoms with Crippen molar-refractivity contribution in [2.75, 3.05) is 14.2 Å². The summed E-state index contributed by atoms with van der Waals surface area (Å²) >= 11 is 0. The Balaban J connectivity index is 2.94. The molecule has 0 saturated heterocycles. The zero-order chi connectivity index (χ0) is 12.9. The summed E-state index contributed by atoms with van der Waals surface area (Å²) in [5, 5.41) is 9.92. The molecule has 4 nitrogen and oxygen atoms in total. The first-order valence-electron chi connectivity index (χ1n) is 5.16. The van der Waals surface area contributed by atoms with Crippen molar-refractivity contribution in [2.45, 2.75) is 12.8 Å². The quantitative estimate of drug-likeness (QED) is 0.823. The van der Waals surface area contributed by atoms with E-state index >= 15 is 0 Å². The van der Waals surface area contributed by atoms with E-state index in [1.54, 1.807) is 13.0 Å². The van der Waals surface area contributed by atoms with Gasteiger partial charge in [-0.1, -0.05) is 36.4 Å². The van der Waals surface area contributed by atoms with Gasteiger partial charge in [0.05, 0.1) is 0 Å². The van der Waals surface area contributed by atoms with Crippen LogP contribution in [-0.4, -0.2) is 25.2 Å². The van der Waals surface area contributed by atoms with Crippen LogP contribution in [0.3, 0.4) is 0 Å². The summed E-state index contributed by atoms with van der Waals surface area (Å²) in [5.74, 6) is -1.25. The Morgan fingerprint density at radius 2 is 1.82 bits per heavy atom. The highest BCUT2D eigenvalue weighted by atomic mass is 31.2. The van der Waals surface area contributed by atoms with Crippen molar-refractivity contribution in [1.82, 2.24) is 0 Å². The molecule has 1 aromatic rings. The van der Waals surface area contributed by atoms with E-state index in [-0.39, 0.29) is 0 Å². The van der Waals surface area contributed by atoms with Gasteiger partial charge in [0, 0.05) is 14.2 Å². The largest absolute Gasteiger partial charge is 0.376 e. The average molecular weight is 256 g/mol. The minimum absolute atomic E-state index is 0.531. The lowest BCUT2D eigenvalue weighted by molar-refractivity contribution is 0.195. The summed E-state index contributed by atoms with van der Waals surface area (Å²) in [6.07, 6.45) is 1.75. The van der Waals surface area contributed by atoms with Crippen molar-refractivity contribution < 1.29 is 18.7 Å². The Morgan fingerprint density at radius 3 is 2.29 bits per heavy atom. The summed E-state index contributed by atoms with van der Waals surface area (Å²) in [5.41, 5.74) is 1.45. The smallest absolute Gasteiger partial charge is 0.362 e. The van der Waals surface area contributed by atoms with Gasteiger partial charge in [0.1, 0.15) is 0 Å². The molecule has 1 N–H and O–H groups in total. The van der Waals surface area contributed by atoms with Crippen molar-refractivity contribution in [2.24, 2.45) is 0 Å². The summed E-state index contributed by atoms with van der Waals surface area (Å²) in [6, 6.07) is 9.45. The van der Waals surface area contributed by atoms with Gasteiger partial charge < -0.3 is 14.2 Å². The minimum Gasteiger partial charge on any atom is -0.376 e. The fourth-order valence-corrected chi connectivity index (χ4v) is 2.53. The van der Waals surface area contributed by atoms with E-state index in [0.29, 0.717) is 5.57 Å². The number of rotatable bonds is 5. The Kier molecular flexibility index (Phi) is 5.09. The predicted octanol–water partition coefficient (Wildman–Crippen LogP) is 2.89. The SMILES string of the molecule is COP(=O)(OC)[C@H](O)/C(C)=C/c1ccccc1. The number of hydrogen-bond donors (Lipinski definition) is 1. The van der Waals surface area contributed by atoms with Gasteiger partial charge in [-0.05, 0) is 18.1 Å². The maximum absolute atomic E-state index is 11.9. The van der Waals surface area contributed by atoms with E-state index in [4.69, 9.17) is 9.05 Å². The fourth-order valence-electron chi connectivity index (χ4n) is 1.41. The topological polar surface area (TPSA) is 55.8 Å². The van der Waals surface area contributed by atoms with Gasteiger partial charge in [-0.15, -0.1) is 0 Å². The highest BCUT2D eigenvalue weighted by Crippen LogP contribution is 2.52. The second kappa shape index (κ2) is 6.12. The molecule has 5 heteroatoms. The third-order valence-electron chi connectivity index (χ3n) is 2.41. The molecule has 17 heavy (non-hydrogen) atoms. The Morgan fingerprint density at radius 1 is 1.29 bits per heavy atom. The summed E-state index contributed by atoms with van der Waals surface area (Å²) in [4.78, 5) is 0. The molecule has 1 aromatic carbocycles. The molecule has 0 aliphatic carbocycles. The lowest BCUT2D eigenvalue weighted by Gasteiger charge is -2.20. The second-order valence-electron chi connectivity index (χ2n) is 3.58. The molecule has 0 aliphatic rings. The maximum atomic E-state index is 11.9. The van der Waals surface area contributed by atoms with E-state index in [0.717, 1.165) is 5.56 Å². The highest BCUT2D eigenvalue weighted by Gasteiger charge is 2.33. The molecule has 0 heterocycles. The van der Waals surface area contributed by atoms with Crippen LogP contribution >= 0.6 is 7.60 Å². The first-order valence-corrected chi connectivity index (χ1v) is 6.77. The van der Waals surface area contributed by atoms with Crippen LogP contribution in [0, 0.1) is 0 Å². The van der Waals surface area contributed by atoms with Crippen LogP contribution in [-0.2, 0) is 13.6 Å². The zero-order valence-corrected chi connectivity index (χ0v) is 11.1. The van der Waals surface area contributed by atoms with Crippen molar-refractivity contribution >= 4 is 13.7 Å². The lowest BCUT2D eigenvalue weighted by Crippen LogP contribution is -2.11. The Bertz CT molecular complexity index is 419. The van der Waals surface area contributed by atoms with Gasteiger partial charge >= 0.3 is 7.60 Å². The van der Waals surface area contributed by atoms with Crippen molar-refractivity contribution in [1.29, 1.82) is 0 Å². The molecule has 0 fully saturated rings. The molecular formula is C12H17O4P. The first kappa shape index (κ1) is 14.1. The van der Waals surface area contributed by atoms with Crippen LogP contribution in [0.15, 0.2) is 35.9 Å². The fraction of sp³-hybridized carbons (Fsp3) is 0.333. The van der Waals surface area contributed by atoms with Crippen LogP contribution in [0.25, 0.3) is 6.08 Å². The zero-order valence-electron chi connectivity index (χ0n) is 10.2. The molecular weight excluding hydrogens is 239 g/mol. The van der Waals surface area contributed by atoms with Gasteiger partial charge in [0.25, 0.3) is 0 Å². The molecule has 0 saturated carbocycles. The van der Waals surface area contributed by atoms with E-state index in [2.05, 4.69) is 0 Å². The number of aliphatic hydroxyl groups is 1. The van der Waals surface area contributed by atoms with Crippen LogP contribution in [0.2, 0.25) is 0 Å². The van der Waals surface area contributed by atoms with Gasteiger partial charge in [0.15, 0.2) is 5.85 Å².